The fraction of sp³-hybridized carbons (Fsp3) is 0. The number of rotatable bonds is 1. The molecule has 0 saturated heterocycles. The molecule has 0 aliphatic rings. The van der Waals surface area contributed by atoms with Crippen molar-refractivity contribution in [3.63, 3.8) is 0 Å². The second-order valence-electron chi connectivity index (χ2n) is 0.457. The van der Waals surface area contributed by atoms with E-state index < -0.39 is 13.2 Å². The molecule has 0 aromatic rings. The van der Waals surface area contributed by atoms with Crippen LogP contribution in [0.25, 0.3) is 0 Å². The van der Waals surface area contributed by atoms with Crippen LogP contribution in [0.4, 0.5) is 0 Å². The van der Waals surface area contributed by atoms with Gasteiger partial charge in [0, 0.05) is 0 Å². The van der Waals surface area contributed by atoms with Crippen molar-refractivity contribution in [2.24, 2.45) is 3.74 Å². The summed E-state index contributed by atoms with van der Waals surface area (Å²) in [6.07, 6.45) is 0. The minimum atomic E-state index is -3.58. The van der Waals surface area contributed by atoms with Crippen molar-refractivity contribution in [2.45, 2.75) is 0 Å². The van der Waals surface area contributed by atoms with Crippen LogP contribution in [0.2, 0.25) is 0 Å². The molecule has 2 nitrogen and oxygen atoms in total. The van der Waals surface area contributed by atoms with Crippen LogP contribution in [0.5, 0.6) is 0 Å². The van der Waals surface area contributed by atoms with Gasteiger partial charge in [-0.25, -0.2) is 0 Å². The van der Waals surface area contributed by atoms with Crippen LogP contribution in [-0.4, -0.2) is 0 Å². The number of nitrogens with zero attached hydrogens (tertiary/aromatic N) is 1. The Labute approximate surface area is 50.0 Å². The first kappa shape index (κ1) is 7.16. The molecule has 0 aliphatic heterocycles. The third kappa shape index (κ3) is 5.16. The molecule has 0 atom stereocenters. The van der Waals surface area contributed by atoms with Gasteiger partial charge in [-0.3, -0.25) is 0 Å². The zero-order chi connectivity index (χ0) is 5.21. The van der Waals surface area contributed by atoms with E-state index >= 15 is 0 Å². The van der Waals surface area contributed by atoms with Crippen molar-refractivity contribution in [3.05, 3.63) is 4.91 Å². The van der Waals surface area contributed by atoms with Crippen LogP contribution in [0.1, 0.15) is 0 Å². The van der Waals surface area contributed by atoms with Crippen LogP contribution in [0, 0.1) is 4.91 Å². The van der Waals surface area contributed by atoms with Gasteiger partial charge in [0.1, 0.15) is 0 Å². The number of halogens is 3. The summed E-state index contributed by atoms with van der Waals surface area (Å²) < 4.78 is 2.26. The Kier molecular flexibility index (Phi) is 2.94. The Morgan fingerprint density at radius 1 is 1.33 bits per heavy atom. The third-order valence-corrected chi connectivity index (χ3v) is 1.50. The standard InChI is InChI=1S/3ClH.Mo.NO/c;;;;1-2/h3*1H;;/q;;;+4;-1/p-3. The average Bonchev–Trinajstić information content (AvgIpc) is 1.35. The summed E-state index contributed by atoms with van der Waals surface area (Å²) >= 11 is -3.58. The summed E-state index contributed by atoms with van der Waals surface area (Å²) in [5.41, 5.74) is 0. The molecule has 6 heteroatoms. The van der Waals surface area contributed by atoms with E-state index in [1.807, 2.05) is 0 Å². The second-order valence-corrected chi connectivity index (χ2v) is 13.4. The molecule has 0 bridgehead atoms. The molecular formula is Cl3MoNO. The molecule has 0 spiro atoms. The number of hydrogen-bond acceptors (Lipinski definition) is 2. The molecule has 38 valence electrons. The van der Waals surface area contributed by atoms with Gasteiger partial charge in [-0.05, 0) is 0 Å². The first-order valence-electron chi connectivity index (χ1n) is 0.828. The van der Waals surface area contributed by atoms with Gasteiger partial charge >= 0.3 is 50.1 Å². The van der Waals surface area contributed by atoms with E-state index in [0.717, 1.165) is 0 Å². The number of hydrogen-bond donors (Lipinski definition) is 0. The quantitative estimate of drug-likeness (QED) is 0.504. The van der Waals surface area contributed by atoms with Gasteiger partial charge in [0.25, 0.3) is 0 Å². The fourth-order valence-corrected chi connectivity index (χ4v) is 0. The normalized spacial score (nSPS) is 13.8. The van der Waals surface area contributed by atoms with Crippen LogP contribution in [-0.2, 0) is 13.2 Å². The van der Waals surface area contributed by atoms with Gasteiger partial charge in [-0.2, -0.15) is 0 Å². The molecule has 0 heterocycles. The third-order valence-electron chi connectivity index (χ3n) is 0.0845. The van der Waals surface area contributed by atoms with Crippen molar-refractivity contribution in [1.29, 1.82) is 0 Å². The van der Waals surface area contributed by atoms with E-state index in [1.54, 1.807) is 0 Å². The van der Waals surface area contributed by atoms with E-state index in [0.29, 0.717) is 0 Å². The molecule has 0 aliphatic carbocycles. The van der Waals surface area contributed by atoms with Gasteiger partial charge in [0.05, 0.1) is 0 Å². The Hall–Kier alpha value is 1.16. The first-order valence-corrected chi connectivity index (χ1v) is 9.48. The van der Waals surface area contributed by atoms with E-state index in [2.05, 4.69) is 3.74 Å². The van der Waals surface area contributed by atoms with E-state index in [4.69, 9.17) is 28.3 Å². The SMILES string of the molecule is O=[N][Mo]([Cl])([Cl])[Cl]. The van der Waals surface area contributed by atoms with Gasteiger partial charge in [-0.15, -0.1) is 0 Å². The van der Waals surface area contributed by atoms with E-state index in [-0.39, 0.29) is 0 Å². The molecule has 0 amide bonds. The second kappa shape index (κ2) is 2.46. The fourth-order valence-electron chi connectivity index (χ4n) is 0. The Morgan fingerprint density at radius 2 is 1.50 bits per heavy atom. The van der Waals surface area contributed by atoms with Crippen molar-refractivity contribution in [1.82, 2.24) is 0 Å². The van der Waals surface area contributed by atoms with Gasteiger partial charge < -0.3 is 0 Å². The van der Waals surface area contributed by atoms with E-state index in [9.17, 15) is 4.91 Å². The molecule has 0 radical (unpaired) electrons. The molecular weight excluding hydrogens is 232 g/mol. The van der Waals surface area contributed by atoms with Crippen LogP contribution in [0.15, 0.2) is 3.74 Å². The van der Waals surface area contributed by atoms with Crippen LogP contribution in [0.3, 0.4) is 0 Å². The van der Waals surface area contributed by atoms with E-state index in [1.165, 1.54) is 0 Å². The summed E-state index contributed by atoms with van der Waals surface area (Å²) in [6, 6.07) is 0. The van der Waals surface area contributed by atoms with Crippen molar-refractivity contribution < 1.29 is 13.2 Å². The molecule has 6 heavy (non-hydrogen) atoms. The topological polar surface area (TPSA) is 29.4 Å². The monoisotopic (exact) mass is 233 g/mol. The zero-order valence-corrected chi connectivity index (χ0v) is 6.67. The van der Waals surface area contributed by atoms with Gasteiger partial charge in [-0.1, -0.05) is 0 Å². The van der Waals surface area contributed by atoms with Crippen molar-refractivity contribution >= 4 is 28.3 Å². The molecule has 0 saturated carbocycles. The summed E-state index contributed by atoms with van der Waals surface area (Å²) in [7, 11) is 14.9. The summed E-state index contributed by atoms with van der Waals surface area (Å²) in [5, 5.41) is 0. The van der Waals surface area contributed by atoms with Crippen molar-refractivity contribution in [2.75, 3.05) is 0 Å². The Balaban J connectivity index is 3.45. The maximum absolute atomic E-state index is 9.26. The van der Waals surface area contributed by atoms with Gasteiger partial charge in [0.15, 0.2) is 0 Å². The Bertz CT molecular complexity index is 56.3. The van der Waals surface area contributed by atoms with Gasteiger partial charge in [0.2, 0.25) is 0 Å². The van der Waals surface area contributed by atoms with Crippen LogP contribution >= 0.6 is 28.3 Å². The average molecular weight is 232 g/mol. The Morgan fingerprint density at radius 3 is 1.50 bits per heavy atom. The summed E-state index contributed by atoms with van der Waals surface area (Å²) in [6.45, 7) is 0. The molecule has 0 aromatic heterocycles. The zero-order valence-electron chi connectivity index (χ0n) is 2.40. The van der Waals surface area contributed by atoms with Crippen molar-refractivity contribution in [3.8, 4) is 0 Å². The molecule has 0 N–H and O–H groups in total. The van der Waals surface area contributed by atoms with Crippen LogP contribution < -0.4 is 0 Å². The summed E-state index contributed by atoms with van der Waals surface area (Å²) in [4.78, 5) is 9.26. The molecule has 0 rings (SSSR count). The predicted octanol–water partition coefficient (Wildman–Crippen LogP) is 2.28. The first-order chi connectivity index (χ1) is 2.56. The molecule has 0 aromatic carbocycles. The predicted molar refractivity (Wildman–Crippen MR) is 23.4 cm³/mol. The summed E-state index contributed by atoms with van der Waals surface area (Å²) in [5.74, 6) is 0. The number of nitroso groups, excluding NO2 is 1. The molecule has 0 unspecified atom stereocenters. The maximum atomic E-state index is 9.26. The molecule has 0 fully saturated rings. The minimum absolute atomic E-state index is 2.26.